The van der Waals surface area contributed by atoms with Gasteiger partial charge in [0.05, 0.1) is 19.3 Å². The van der Waals surface area contributed by atoms with Crippen LogP contribution in [-0.4, -0.2) is 61.1 Å². The average Bonchev–Trinajstić information content (AvgIpc) is 3.11. The summed E-state index contributed by atoms with van der Waals surface area (Å²) >= 11 is 0. The maximum Gasteiger partial charge on any atom is 0.255 e. The Balaban J connectivity index is 1.93. The molecule has 1 aromatic heterocycles. The number of aliphatic imine (C=N–C) groups is 1. The fourth-order valence-corrected chi connectivity index (χ4v) is 5.75. The van der Waals surface area contributed by atoms with Crippen molar-refractivity contribution in [3.8, 4) is 5.88 Å². The average molecular weight is 456 g/mol. The molecule has 1 saturated heterocycles. The second-order valence-corrected chi connectivity index (χ2v) is 9.48. The number of nitrogens with two attached hydrogens (primary N) is 1. The summed E-state index contributed by atoms with van der Waals surface area (Å²) in [6.07, 6.45) is 0. The van der Waals surface area contributed by atoms with E-state index >= 15 is 0 Å². The van der Waals surface area contributed by atoms with Gasteiger partial charge in [-0.1, -0.05) is 0 Å². The highest BCUT2D eigenvalue weighted by atomic mass is 32.2. The van der Waals surface area contributed by atoms with E-state index in [0.717, 1.165) is 22.5 Å². The first kappa shape index (κ1) is 21.2. The lowest BCUT2D eigenvalue weighted by atomic mass is 9.88. The zero-order valence-electron chi connectivity index (χ0n) is 16.8. The number of aromatic nitrogens is 2. The SMILES string of the molecule is COc1nc(N2CC3C(c4cc(F)ccc4F)(C2)N=C(N)N(C)S3(=O)=O)nc(C)c1F. The van der Waals surface area contributed by atoms with Crippen molar-refractivity contribution < 1.29 is 26.3 Å². The van der Waals surface area contributed by atoms with Crippen LogP contribution in [0.3, 0.4) is 0 Å². The summed E-state index contributed by atoms with van der Waals surface area (Å²) in [5, 5.41) is -1.33. The van der Waals surface area contributed by atoms with Crippen LogP contribution in [0, 0.1) is 24.4 Å². The quantitative estimate of drug-likeness (QED) is 0.730. The third-order valence-corrected chi connectivity index (χ3v) is 7.78. The normalized spacial score (nSPS) is 24.7. The Hall–Kier alpha value is -3.09. The van der Waals surface area contributed by atoms with Crippen LogP contribution in [0.1, 0.15) is 11.3 Å². The lowest BCUT2D eigenvalue weighted by Gasteiger charge is -2.38. The highest BCUT2D eigenvalue weighted by Gasteiger charge is 2.60. The molecular formula is C18H19F3N6O3S. The molecule has 1 aromatic carbocycles. The maximum absolute atomic E-state index is 14.8. The highest BCUT2D eigenvalue weighted by molar-refractivity contribution is 7.90. The minimum atomic E-state index is -4.11. The van der Waals surface area contributed by atoms with Crippen molar-refractivity contribution in [1.29, 1.82) is 0 Å². The van der Waals surface area contributed by atoms with Crippen LogP contribution in [0.15, 0.2) is 23.2 Å². The predicted octanol–water partition coefficient (Wildman–Crippen LogP) is 0.885. The molecule has 2 aliphatic heterocycles. The number of benzene rings is 1. The summed E-state index contributed by atoms with van der Waals surface area (Å²) in [5.41, 5.74) is 3.81. The molecule has 0 aliphatic carbocycles. The van der Waals surface area contributed by atoms with E-state index in [0.29, 0.717) is 0 Å². The summed E-state index contributed by atoms with van der Waals surface area (Å²) in [5.74, 6) is -3.08. The number of anilines is 1. The van der Waals surface area contributed by atoms with Crippen LogP contribution in [0.25, 0.3) is 0 Å². The molecule has 2 unspecified atom stereocenters. The van der Waals surface area contributed by atoms with E-state index in [9.17, 15) is 21.6 Å². The van der Waals surface area contributed by atoms with Gasteiger partial charge in [-0.05, 0) is 25.1 Å². The molecule has 3 heterocycles. The second kappa shape index (κ2) is 6.97. The molecule has 2 N–H and O–H groups in total. The van der Waals surface area contributed by atoms with Gasteiger partial charge in [-0.2, -0.15) is 9.37 Å². The van der Waals surface area contributed by atoms with Crippen LogP contribution in [0.2, 0.25) is 0 Å². The minimum absolute atomic E-state index is 0.0225. The second-order valence-electron chi connectivity index (χ2n) is 7.33. The number of fused-ring (bicyclic) bond motifs is 1. The Bertz CT molecular complexity index is 1210. The molecule has 0 saturated carbocycles. The molecule has 0 spiro atoms. The molecule has 4 rings (SSSR count). The summed E-state index contributed by atoms with van der Waals surface area (Å²) in [6.45, 7) is 0.947. The van der Waals surface area contributed by atoms with E-state index in [1.165, 1.54) is 26.0 Å². The van der Waals surface area contributed by atoms with Gasteiger partial charge in [0, 0.05) is 19.2 Å². The van der Waals surface area contributed by atoms with Gasteiger partial charge >= 0.3 is 0 Å². The molecule has 31 heavy (non-hydrogen) atoms. The third-order valence-electron chi connectivity index (χ3n) is 5.57. The zero-order chi connectivity index (χ0) is 22.7. The molecule has 166 valence electrons. The number of rotatable bonds is 3. The topological polar surface area (TPSA) is 114 Å². The van der Waals surface area contributed by atoms with E-state index in [2.05, 4.69) is 15.0 Å². The zero-order valence-corrected chi connectivity index (χ0v) is 17.6. The van der Waals surface area contributed by atoms with Crippen LogP contribution in [-0.2, 0) is 15.6 Å². The first-order valence-electron chi connectivity index (χ1n) is 9.13. The molecule has 2 aromatic rings. The largest absolute Gasteiger partial charge is 0.479 e. The van der Waals surface area contributed by atoms with Crippen molar-refractivity contribution in [2.75, 3.05) is 32.1 Å². The van der Waals surface area contributed by atoms with Crippen molar-refractivity contribution in [3.05, 3.63) is 46.9 Å². The van der Waals surface area contributed by atoms with E-state index < -0.39 is 38.3 Å². The van der Waals surface area contributed by atoms with Gasteiger partial charge in [-0.3, -0.25) is 0 Å². The number of nitrogens with zero attached hydrogens (tertiary/aromatic N) is 5. The Kier molecular flexibility index (Phi) is 4.76. The van der Waals surface area contributed by atoms with Crippen molar-refractivity contribution in [2.45, 2.75) is 17.7 Å². The number of hydrogen-bond donors (Lipinski definition) is 1. The number of aryl methyl sites for hydroxylation is 1. The van der Waals surface area contributed by atoms with Gasteiger partial charge < -0.3 is 15.4 Å². The van der Waals surface area contributed by atoms with Gasteiger partial charge in [0.15, 0.2) is 0 Å². The highest BCUT2D eigenvalue weighted by Crippen LogP contribution is 2.45. The molecule has 0 amide bonds. The van der Waals surface area contributed by atoms with Crippen molar-refractivity contribution in [2.24, 2.45) is 10.7 Å². The maximum atomic E-state index is 14.8. The lowest BCUT2D eigenvalue weighted by Crippen LogP contribution is -2.57. The number of halogens is 3. The number of sulfonamides is 1. The molecule has 0 bridgehead atoms. The lowest BCUT2D eigenvalue weighted by molar-refractivity contribution is 0.365. The molecule has 2 atom stereocenters. The van der Waals surface area contributed by atoms with Gasteiger partial charge in [0.25, 0.3) is 5.88 Å². The summed E-state index contributed by atoms with van der Waals surface area (Å²) in [6, 6.07) is 2.73. The first-order chi connectivity index (χ1) is 14.5. The van der Waals surface area contributed by atoms with Gasteiger partial charge in [-0.25, -0.2) is 31.5 Å². The van der Waals surface area contributed by atoms with Crippen molar-refractivity contribution >= 4 is 21.9 Å². The number of ether oxygens (including phenoxy) is 1. The summed E-state index contributed by atoms with van der Waals surface area (Å²) < 4.78 is 75.1. The standard InChI is InChI=1S/C18H19F3N6O3S/c1-9-14(21)15(30-3)24-17(23-9)27-7-13-18(8-27,11-6-10(19)4-5-12(11)20)25-16(22)26(2)31(13,28)29/h4-6,13H,7-8H2,1-3H3,(H2,22,25). The fraction of sp³-hybridized carbons (Fsp3) is 0.389. The fourth-order valence-electron chi connectivity index (χ4n) is 3.95. The monoisotopic (exact) mass is 456 g/mol. The Morgan fingerprint density at radius 2 is 1.97 bits per heavy atom. The molecule has 9 nitrogen and oxygen atoms in total. The summed E-state index contributed by atoms with van der Waals surface area (Å²) in [7, 11) is -1.66. The number of methoxy groups -OCH3 is 1. The molecule has 0 radical (unpaired) electrons. The third kappa shape index (κ3) is 3.06. The molecular weight excluding hydrogens is 437 g/mol. The van der Waals surface area contributed by atoms with Gasteiger partial charge in [0.2, 0.25) is 27.7 Å². The van der Waals surface area contributed by atoms with Crippen molar-refractivity contribution in [3.63, 3.8) is 0 Å². The Labute approximate surface area is 176 Å². The van der Waals surface area contributed by atoms with Crippen LogP contribution in [0.5, 0.6) is 5.88 Å². The first-order valence-corrected chi connectivity index (χ1v) is 10.6. The summed E-state index contributed by atoms with van der Waals surface area (Å²) in [4.78, 5) is 13.8. The van der Waals surface area contributed by atoms with E-state index in [4.69, 9.17) is 10.5 Å². The van der Waals surface area contributed by atoms with E-state index in [-0.39, 0.29) is 42.1 Å². The van der Waals surface area contributed by atoms with Crippen LogP contribution < -0.4 is 15.4 Å². The number of hydrogen-bond acceptors (Lipinski definition) is 8. The van der Waals surface area contributed by atoms with Crippen LogP contribution in [0.4, 0.5) is 19.1 Å². The van der Waals surface area contributed by atoms with Crippen LogP contribution >= 0.6 is 0 Å². The van der Waals surface area contributed by atoms with Gasteiger partial charge in [-0.15, -0.1) is 0 Å². The van der Waals surface area contributed by atoms with Crippen molar-refractivity contribution in [1.82, 2.24) is 14.3 Å². The van der Waals surface area contributed by atoms with E-state index in [1.807, 2.05) is 0 Å². The van der Waals surface area contributed by atoms with Gasteiger partial charge in [0.1, 0.15) is 22.4 Å². The number of guanidine groups is 1. The predicted molar refractivity (Wildman–Crippen MR) is 106 cm³/mol. The Morgan fingerprint density at radius 3 is 2.65 bits per heavy atom. The molecule has 1 fully saturated rings. The smallest absolute Gasteiger partial charge is 0.255 e. The Morgan fingerprint density at radius 1 is 1.26 bits per heavy atom. The molecule has 2 aliphatic rings. The molecule has 13 heteroatoms. The minimum Gasteiger partial charge on any atom is -0.479 e. The van der Waals surface area contributed by atoms with E-state index in [1.54, 1.807) is 0 Å².